The van der Waals surface area contributed by atoms with E-state index in [0.717, 1.165) is 16.8 Å². The Labute approximate surface area is 246 Å². The number of hydrogen-bond donors (Lipinski definition) is 0. The molecule has 1 heterocycles. The average Bonchev–Trinajstić information content (AvgIpc) is 2.98. The fraction of sp³-hybridized carbons (Fsp3) is 0.219. The minimum absolute atomic E-state index is 0.127. The number of anilines is 2. The Morgan fingerprint density at radius 1 is 0.829 bits per heavy atom. The lowest BCUT2D eigenvalue weighted by atomic mass is 10.1. The van der Waals surface area contributed by atoms with E-state index < -0.39 is 10.0 Å². The van der Waals surface area contributed by atoms with Gasteiger partial charge in [0.1, 0.15) is 18.0 Å². The van der Waals surface area contributed by atoms with E-state index in [0.29, 0.717) is 48.4 Å². The highest BCUT2D eigenvalue weighted by Crippen LogP contribution is 2.29. The van der Waals surface area contributed by atoms with Crippen molar-refractivity contribution in [2.45, 2.75) is 18.7 Å². The smallest absolute Gasteiger partial charge is 0.264 e. The summed E-state index contributed by atoms with van der Waals surface area (Å²) in [7, 11) is -4.02. The van der Waals surface area contributed by atoms with Crippen LogP contribution in [0.1, 0.15) is 11.1 Å². The number of ether oxygens (including phenoxy) is 1. The van der Waals surface area contributed by atoms with Crippen molar-refractivity contribution in [3.63, 3.8) is 0 Å². The fourth-order valence-electron chi connectivity index (χ4n) is 4.80. The van der Waals surface area contributed by atoms with Gasteiger partial charge in [0.25, 0.3) is 10.0 Å². The standard InChI is InChI=1S/C32H32ClN3O4S/c1-24-8-16-30(17-9-24)41(38,39)36(27-12-14-29(15-13-27)40-28-6-4-3-5-7-28)23-32(37)35-20-18-34(19-21-35)31-22-26(33)11-10-25(31)2/h3-17,22H,18-21,23H2,1-2H3. The van der Waals surface area contributed by atoms with Crippen LogP contribution in [0.15, 0.2) is 102 Å². The molecule has 0 N–H and O–H groups in total. The van der Waals surface area contributed by atoms with Gasteiger partial charge in [-0.15, -0.1) is 0 Å². The van der Waals surface area contributed by atoms with Gasteiger partial charge in [-0.25, -0.2) is 8.42 Å². The molecule has 9 heteroatoms. The molecular formula is C32H32ClN3O4S. The number of carbonyl (C=O) groups excluding carboxylic acids is 1. The third-order valence-corrected chi connectivity index (χ3v) is 9.16. The van der Waals surface area contributed by atoms with Crippen LogP contribution in [-0.2, 0) is 14.8 Å². The van der Waals surface area contributed by atoms with E-state index in [1.165, 1.54) is 4.31 Å². The lowest BCUT2D eigenvalue weighted by Crippen LogP contribution is -2.52. The number of nitrogens with zero attached hydrogens (tertiary/aromatic N) is 3. The summed E-state index contributed by atoms with van der Waals surface area (Å²) in [6, 6.07) is 28.5. The summed E-state index contributed by atoms with van der Waals surface area (Å²) in [6.45, 7) is 5.83. The lowest BCUT2D eigenvalue weighted by molar-refractivity contribution is -0.129. The molecular weight excluding hydrogens is 558 g/mol. The molecule has 1 aliphatic heterocycles. The molecule has 0 unspecified atom stereocenters. The van der Waals surface area contributed by atoms with Gasteiger partial charge in [-0.3, -0.25) is 9.10 Å². The molecule has 4 aromatic rings. The summed E-state index contributed by atoms with van der Waals surface area (Å²) in [6.07, 6.45) is 0. The molecule has 1 saturated heterocycles. The summed E-state index contributed by atoms with van der Waals surface area (Å²) in [5.41, 5.74) is 3.49. The summed E-state index contributed by atoms with van der Waals surface area (Å²) in [5.74, 6) is 0.978. The summed E-state index contributed by atoms with van der Waals surface area (Å²) >= 11 is 6.22. The SMILES string of the molecule is Cc1ccc(S(=O)(=O)N(CC(=O)N2CCN(c3cc(Cl)ccc3C)CC2)c2ccc(Oc3ccccc3)cc2)cc1. The van der Waals surface area contributed by atoms with Crippen LogP contribution in [0.5, 0.6) is 11.5 Å². The average molecular weight is 590 g/mol. The first-order valence-corrected chi connectivity index (χ1v) is 15.2. The summed E-state index contributed by atoms with van der Waals surface area (Å²) in [4.78, 5) is 17.6. The number of sulfonamides is 1. The Morgan fingerprint density at radius 3 is 2.12 bits per heavy atom. The zero-order valence-corrected chi connectivity index (χ0v) is 24.6. The number of hydrogen-bond acceptors (Lipinski definition) is 5. The molecule has 5 rings (SSSR count). The number of para-hydroxylation sites is 1. The van der Waals surface area contributed by atoms with Crippen molar-refractivity contribution in [1.29, 1.82) is 0 Å². The molecule has 0 atom stereocenters. The molecule has 41 heavy (non-hydrogen) atoms. The molecule has 0 radical (unpaired) electrons. The predicted molar refractivity (Wildman–Crippen MR) is 164 cm³/mol. The van der Waals surface area contributed by atoms with Gasteiger partial charge < -0.3 is 14.5 Å². The molecule has 0 bridgehead atoms. The van der Waals surface area contributed by atoms with Gasteiger partial charge in [-0.05, 0) is 80.1 Å². The highest BCUT2D eigenvalue weighted by Gasteiger charge is 2.30. The molecule has 212 valence electrons. The van der Waals surface area contributed by atoms with Gasteiger partial charge in [0.2, 0.25) is 5.91 Å². The van der Waals surface area contributed by atoms with Crippen LogP contribution >= 0.6 is 11.6 Å². The third-order valence-electron chi connectivity index (χ3n) is 7.14. The van der Waals surface area contributed by atoms with Crippen LogP contribution in [0.25, 0.3) is 0 Å². The van der Waals surface area contributed by atoms with E-state index in [-0.39, 0.29) is 17.3 Å². The van der Waals surface area contributed by atoms with Crippen LogP contribution < -0.4 is 13.9 Å². The van der Waals surface area contributed by atoms with Crippen LogP contribution in [0.4, 0.5) is 11.4 Å². The largest absolute Gasteiger partial charge is 0.457 e. The number of rotatable bonds is 8. The second kappa shape index (κ2) is 12.2. The van der Waals surface area contributed by atoms with E-state index >= 15 is 0 Å². The van der Waals surface area contributed by atoms with Gasteiger partial charge in [0.05, 0.1) is 10.6 Å². The van der Waals surface area contributed by atoms with Gasteiger partial charge in [0, 0.05) is 36.9 Å². The van der Waals surface area contributed by atoms with Crippen LogP contribution in [0.2, 0.25) is 5.02 Å². The van der Waals surface area contributed by atoms with Crippen LogP contribution in [0.3, 0.4) is 0 Å². The predicted octanol–water partition coefficient (Wildman–Crippen LogP) is 6.29. The molecule has 4 aromatic carbocycles. The first kappa shape index (κ1) is 28.5. The Morgan fingerprint density at radius 2 is 1.46 bits per heavy atom. The Kier molecular flexibility index (Phi) is 8.52. The number of carbonyl (C=O) groups is 1. The highest BCUT2D eigenvalue weighted by molar-refractivity contribution is 7.92. The molecule has 0 aromatic heterocycles. The minimum Gasteiger partial charge on any atom is -0.457 e. The normalized spacial score (nSPS) is 13.6. The van der Waals surface area contributed by atoms with Gasteiger partial charge >= 0.3 is 0 Å². The fourth-order valence-corrected chi connectivity index (χ4v) is 6.38. The minimum atomic E-state index is -4.02. The molecule has 7 nitrogen and oxygen atoms in total. The molecule has 1 fully saturated rings. The van der Waals surface area contributed by atoms with E-state index in [4.69, 9.17) is 16.3 Å². The number of piperazine rings is 1. The second-order valence-corrected chi connectivity index (χ2v) is 12.3. The zero-order chi connectivity index (χ0) is 29.0. The maximum absolute atomic E-state index is 13.8. The molecule has 1 aliphatic rings. The van der Waals surface area contributed by atoms with Crippen molar-refractivity contribution < 1.29 is 17.9 Å². The Hall–Kier alpha value is -4.01. The quantitative estimate of drug-likeness (QED) is 0.241. The Balaban J connectivity index is 1.36. The number of benzene rings is 4. The Bertz CT molecular complexity index is 1600. The van der Waals surface area contributed by atoms with Crippen molar-refractivity contribution in [2.75, 3.05) is 41.9 Å². The first-order chi connectivity index (χ1) is 19.7. The molecule has 1 amide bonds. The van der Waals surface area contributed by atoms with E-state index in [1.54, 1.807) is 53.4 Å². The lowest BCUT2D eigenvalue weighted by Gasteiger charge is -2.37. The van der Waals surface area contributed by atoms with Crippen molar-refractivity contribution in [2.24, 2.45) is 0 Å². The maximum atomic E-state index is 13.8. The topological polar surface area (TPSA) is 70.2 Å². The van der Waals surface area contributed by atoms with Crippen molar-refractivity contribution in [3.05, 3.63) is 113 Å². The highest BCUT2D eigenvalue weighted by atomic mass is 35.5. The van der Waals surface area contributed by atoms with Crippen molar-refractivity contribution in [3.8, 4) is 11.5 Å². The van der Waals surface area contributed by atoms with Crippen LogP contribution in [-0.4, -0.2) is 51.9 Å². The van der Waals surface area contributed by atoms with Crippen LogP contribution in [0, 0.1) is 13.8 Å². The van der Waals surface area contributed by atoms with Gasteiger partial charge in [0.15, 0.2) is 0 Å². The zero-order valence-electron chi connectivity index (χ0n) is 23.0. The van der Waals surface area contributed by atoms with E-state index in [2.05, 4.69) is 4.90 Å². The summed E-state index contributed by atoms with van der Waals surface area (Å²) < 4.78 is 34.8. The van der Waals surface area contributed by atoms with E-state index in [1.807, 2.05) is 62.4 Å². The molecule has 0 spiro atoms. The van der Waals surface area contributed by atoms with Gasteiger partial charge in [-0.1, -0.05) is 53.6 Å². The number of aryl methyl sites for hydroxylation is 2. The number of amides is 1. The monoisotopic (exact) mass is 589 g/mol. The maximum Gasteiger partial charge on any atom is 0.264 e. The van der Waals surface area contributed by atoms with Gasteiger partial charge in [-0.2, -0.15) is 0 Å². The number of halogens is 1. The van der Waals surface area contributed by atoms with Crippen molar-refractivity contribution in [1.82, 2.24) is 4.90 Å². The molecule has 0 aliphatic carbocycles. The summed E-state index contributed by atoms with van der Waals surface area (Å²) in [5, 5.41) is 0.668. The first-order valence-electron chi connectivity index (χ1n) is 13.4. The molecule has 0 saturated carbocycles. The van der Waals surface area contributed by atoms with E-state index in [9.17, 15) is 13.2 Å². The second-order valence-electron chi connectivity index (χ2n) is 10.0. The van der Waals surface area contributed by atoms with Crippen molar-refractivity contribution >= 4 is 38.9 Å². The third kappa shape index (κ3) is 6.66.